The third kappa shape index (κ3) is 1.59. The minimum Gasteiger partial charge on any atom is -0.477 e. The van der Waals surface area contributed by atoms with Crippen LogP contribution in [0, 0.1) is 6.92 Å². The number of hydrogen-bond donors (Lipinski definition) is 1. The Labute approximate surface area is 85.4 Å². The number of aromatic nitrogens is 2. The highest BCUT2D eigenvalue weighted by Gasteiger charge is 2.21. The number of rotatable bonds is 2. The first-order chi connectivity index (χ1) is 7.20. The molecule has 2 rings (SSSR count). The third-order valence-corrected chi connectivity index (χ3v) is 1.97. The highest BCUT2D eigenvalue weighted by atomic mass is 16.5. The molecule has 0 saturated carbocycles. The molecule has 0 radical (unpaired) electrons. The maximum Gasteiger partial charge on any atom is 0.341 e. The minimum absolute atomic E-state index is 0.0636. The van der Waals surface area contributed by atoms with Crippen molar-refractivity contribution in [1.82, 2.24) is 10.1 Å². The SMILES string of the molecule is Cc1noc(-c2ccccn2)c1C(=O)O. The largest absolute Gasteiger partial charge is 0.477 e. The third-order valence-electron chi connectivity index (χ3n) is 1.97. The summed E-state index contributed by atoms with van der Waals surface area (Å²) in [7, 11) is 0. The van der Waals surface area contributed by atoms with Crippen LogP contribution in [0.5, 0.6) is 0 Å². The van der Waals surface area contributed by atoms with Gasteiger partial charge in [0, 0.05) is 6.20 Å². The van der Waals surface area contributed by atoms with Crippen molar-refractivity contribution in [2.24, 2.45) is 0 Å². The van der Waals surface area contributed by atoms with Gasteiger partial charge in [0.2, 0.25) is 0 Å². The molecule has 1 N–H and O–H groups in total. The van der Waals surface area contributed by atoms with Crippen molar-refractivity contribution in [2.75, 3.05) is 0 Å². The van der Waals surface area contributed by atoms with Crippen LogP contribution in [-0.2, 0) is 0 Å². The molecule has 76 valence electrons. The van der Waals surface area contributed by atoms with Crippen molar-refractivity contribution in [3.05, 3.63) is 35.7 Å². The topological polar surface area (TPSA) is 76.2 Å². The van der Waals surface area contributed by atoms with Crippen LogP contribution in [0.3, 0.4) is 0 Å². The molecular weight excluding hydrogens is 196 g/mol. The lowest BCUT2D eigenvalue weighted by Gasteiger charge is -1.95. The van der Waals surface area contributed by atoms with Crippen molar-refractivity contribution in [3.63, 3.8) is 0 Å². The van der Waals surface area contributed by atoms with Crippen LogP contribution in [0.25, 0.3) is 11.5 Å². The van der Waals surface area contributed by atoms with Gasteiger partial charge in [-0.1, -0.05) is 11.2 Å². The van der Waals surface area contributed by atoms with Gasteiger partial charge in [0.05, 0.1) is 5.69 Å². The lowest BCUT2D eigenvalue weighted by Crippen LogP contribution is -1.99. The zero-order valence-electron chi connectivity index (χ0n) is 7.97. The molecule has 0 aromatic carbocycles. The molecule has 2 heterocycles. The fraction of sp³-hybridized carbons (Fsp3) is 0.100. The van der Waals surface area contributed by atoms with Gasteiger partial charge in [-0.2, -0.15) is 0 Å². The van der Waals surface area contributed by atoms with E-state index >= 15 is 0 Å². The normalized spacial score (nSPS) is 10.2. The Hall–Kier alpha value is -2.17. The summed E-state index contributed by atoms with van der Waals surface area (Å²) < 4.78 is 4.95. The second kappa shape index (κ2) is 3.53. The van der Waals surface area contributed by atoms with Crippen LogP contribution >= 0.6 is 0 Å². The lowest BCUT2D eigenvalue weighted by atomic mass is 10.1. The van der Waals surface area contributed by atoms with E-state index in [1.807, 2.05) is 0 Å². The molecule has 15 heavy (non-hydrogen) atoms. The minimum atomic E-state index is -1.06. The highest BCUT2D eigenvalue weighted by Crippen LogP contribution is 2.23. The van der Waals surface area contributed by atoms with Gasteiger partial charge in [-0.15, -0.1) is 0 Å². The molecular formula is C10H8N2O3. The molecule has 0 atom stereocenters. The highest BCUT2D eigenvalue weighted by molar-refractivity contribution is 5.94. The number of nitrogens with zero attached hydrogens (tertiary/aromatic N) is 2. The van der Waals surface area contributed by atoms with Gasteiger partial charge in [-0.25, -0.2) is 4.79 Å². The second-order valence-electron chi connectivity index (χ2n) is 2.99. The Kier molecular flexibility index (Phi) is 2.21. The van der Waals surface area contributed by atoms with E-state index < -0.39 is 5.97 Å². The summed E-state index contributed by atoms with van der Waals surface area (Å²) in [5.74, 6) is -0.866. The molecule has 2 aromatic rings. The van der Waals surface area contributed by atoms with E-state index in [4.69, 9.17) is 9.63 Å². The van der Waals surface area contributed by atoms with E-state index in [0.717, 1.165) is 0 Å². The Balaban J connectivity index is 2.59. The van der Waals surface area contributed by atoms with E-state index in [2.05, 4.69) is 10.1 Å². The Bertz CT molecular complexity index is 491. The van der Waals surface area contributed by atoms with Crippen molar-refractivity contribution in [1.29, 1.82) is 0 Å². The molecule has 0 bridgehead atoms. The molecule has 5 nitrogen and oxygen atoms in total. The number of pyridine rings is 1. The van der Waals surface area contributed by atoms with Crippen LogP contribution in [0.4, 0.5) is 0 Å². The maximum atomic E-state index is 10.9. The first kappa shape index (κ1) is 9.39. The smallest absolute Gasteiger partial charge is 0.341 e. The number of carbonyl (C=O) groups is 1. The molecule has 0 aliphatic carbocycles. The quantitative estimate of drug-likeness (QED) is 0.806. The average molecular weight is 204 g/mol. The Morgan fingerprint density at radius 1 is 1.47 bits per heavy atom. The first-order valence-electron chi connectivity index (χ1n) is 4.31. The summed E-state index contributed by atoms with van der Waals surface area (Å²) >= 11 is 0. The fourth-order valence-corrected chi connectivity index (χ4v) is 1.29. The van der Waals surface area contributed by atoms with Crippen LogP contribution in [0.1, 0.15) is 16.1 Å². The molecule has 0 aliphatic heterocycles. The number of aryl methyl sites for hydroxylation is 1. The second-order valence-corrected chi connectivity index (χ2v) is 2.99. The monoisotopic (exact) mass is 204 g/mol. The van der Waals surface area contributed by atoms with Crippen LogP contribution in [0.2, 0.25) is 0 Å². The Morgan fingerprint density at radius 3 is 2.87 bits per heavy atom. The molecule has 0 spiro atoms. The number of carboxylic acids is 1. The van der Waals surface area contributed by atoms with Gasteiger partial charge in [-0.3, -0.25) is 4.98 Å². The van der Waals surface area contributed by atoms with Crippen LogP contribution < -0.4 is 0 Å². The average Bonchev–Trinajstić information content (AvgIpc) is 2.61. The lowest BCUT2D eigenvalue weighted by molar-refractivity contribution is 0.0696. The molecule has 5 heteroatoms. The number of aromatic carboxylic acids is 1. The van der Waals surface area contributed by atoms with E-state index in [1.54, 1.807) is 31.3 Å². The molecule has 0 aliphatic rings. The van der Waals surface area contributed by atoms with E-state index in [9.17, 15) is 4.79 Å². The van der Waals surface area contributed by atoms with Gasteiger partial charge < -0.3 is 9.63 Å². The molecule has 0 saturated heterocycles. The maximum absolute atomic E-state index is 10.9. The van der Waals surface area contributed by atoms with E-state index in [0.29, 0.717) is 11.4 Å². The Morgan fingerprint density at radius 2 is 2.27 bits per heavy atom. The van der Waals surface area contributed by atoms with Gasteiger partial charge in [-0.05, 0) is 19.1 Å². The standard InChI is InChI=1S/C10H8N2O3/c1-6-8(10(13)14)9(15-12-6)7-4-2-3-5-11-7/h2-5H,1H3,(H,13,14). The van der Waals surface area contributed by atoms with Crippen molar-refractivity contribution in [2.45, 2.75) is 6.92 Å². The summed E-state index contributed by atoms with van der Waals surface area (Å²) in [6, 6.07) is 5.17. The number of hydrogen-bond acceptors (Lipinski definition) is 4. The van der Waals surface area contributed by atoms with Gasteiger partial charge in [0.15, 0.2) is 5.76 Å². The van der Waals surface area contributed by atoms with E-state index in [1.165, 1.54) is 0 Å². The van der Waals surface area contributed by atoms with Crippen molar-refractivity contribution in [3.8, 4) is 11.5 Å². The molecule has 0 unspecified atom stereocenters. The zero-order chi connectivity index (χ0) is 10.8. The van der Waals surface area contributed by atoms with Gasteiger partial charge >= 0.3 is 5.97 Å². The summed E-state index contributed by atoms with van der Waals surface area (Å²) in [6.45, 7) is 1.58. The molecule has 0 amide bonds. The van der Waals surface area contributed by atoms with E-state index in [-0.39, 0.29) is 11.3 Å². The van der Waals surface area contributed by atoms with Gasteiger partial charge in [0.1, 0.15) is 11.3 Å². The summed E-state index contributed by atoms with van der Waals surface area (Å²) in [6.07, 6.45) is 1.57. The predicted molar refractivity (Wildman–Crippen MR) is 51.4 cm³/mol. The van der Waals surface area contributed by atoms with Crippen LogP contribution in [0.15, 0.2) is 28.9 Å². The zero-order valence-corrected chi connectivity index (χ0v) is 7.97. The van der Waals surface area contributed by atoms with Crippen molar-refractivity contribution < 1.29 is 14.4 Å². The van der Waals surface area contributed by atoms with Gasteiger partial charge in [0.25, 0.3) is 0 Å². The fourth-order valence-electron chi connectivity index (χ4n) is 1.29. The summed E-state index contributed by atoms with van der Waals surface area (Å²) in [5, 5.41) is 12.6. The molecule has 2 aromatic heterocycles. The predicted octanol–water partition coefficient (Wildman–Crippen LogP) is 1.74. The molecule has 0 fully saturated rings. The van der Waals surface area contributed by atoms with Crippen molar-refractivity contribution >= 4 is 5.97 Å². The number of carboxylic acid groups (broad SMARTS) is 1. The summed E-state index contributed by atoms with van der Waals surface area (Å²) in [5.41, 5.74) is 0.882. The first-order valence-corrected chi connectivity index (χ1v) is 4.31. The van der Waals surface area contributed by atoms with Crippen LogP contribution in [-0.4, -0.2) is 21.2 Å². The summed E-state index contributed by atoms with van der Waals surface area (Å²) in [4.78, 5) is 15.0.